The molecule has 3 rings (SSSR count). The first-order chi connectivity index (χ1) is 11.5. The van der Waals surface area contributed by atoms with E-state index in [4.69, 9.17) is 9.47 Å². The molecule has 0 saturated carbocycles. The molecular weight excluding hydrogens is 309 g/mol. The number of halogens is 1. The van der Waals surface area contributed by atoms with Crippen molar-refractivity contribution in [2.75, 3.05) is 0 Å². The van der Waals surface area contributed by atoms with Crippen molar-refractivity contribution in [3.05, 3.63) is 71.2 Å². The highest BCUT2D eigenvalue weighted by Gasteiger charge is 2.24. The maximum absolute atomic E-state index is 13.3. The third-order valence-electron chi connectivity index (χ3n) is 3.25. The van der Waals surface area contributed by atoms with E-state index in [1.807, 2.05) is 38.1 Å². The predicted molar refractivity (Wildman–Crippen MR) is 89.2 cm³/mol. The summed E-state index contributed by atoms with van der Waals surface area (Å²) in [5.74, 6) is -0.114. The van der Waals surface area contributed by atoms with Crippen LogP contribution in [0, 0.1) is 5.82 Å². The Labute approximate surface area is 139 Å². The van der Waals surface area contributed by atoms with Crippen LogP contribution in [0.1, 0.15) is 25.0 Å². The fourth-order valence-electron chi connectivity index (χ4n) is 2.23. The summed E-state index contributed by atoms with van der Waals surface area (Å²) in [6, 6.07) is 13.1. The number of cyclic esters (lactones) is 1. The molecule has 0 spiro atoms. The summed E-state index contributed by atoms with van der Waals surface area (Å²) in [6.45, 7) is 3.90. The van der Waals surface area contributed by atoms with E-state index in [1.165, 1.54) is 18.2 Å². The van der Waals surface area contributed by atoms with Gasteiger partial charge >= 0.3 is 5.97 Å². The minimum absolute atomic E-state index is 0.0949. The number of carbonyl (C=O) groups excluding carboxylic acids is 1. The summed E-state index contributed by atoms with van der Waals surface area (Å²) in [7, 11) is 0. The Balaban J connectivity index is 1.83. The number of esters is 1. The van der Waals surface area contributed by atoms with Gasteiger partial charge in [0.1, 0.15) is 11.6 Å². The van der Waals surface area contributed by atoms with Gasteiger partial charge in [0.2, 0.25) is 5.90 Å². The minimum Gasteiger partial charge on any atom is -0.491 e. The summed E-state index contributed by atoms with van der Waals surface area (Å²) in [4.78, 5) is 16.1. The lowest BCUT2D eigenvalue weighted by Gasteiger charge is -2.09. The Kier molecular flexibility index (Phi) is 4.42. The lowest BCUT2D eigenvalue weighted by molar-refractivity contribution is -0.129. The van der Waals surface area contributed by atoms with Crippen molar-refractivity contribution in [3.63, 3.8) is 0 Å². The highest BCUT2D eigenvalue weighted by atomic mass is 19.1. The molecule has 0 aromatic heterocycles. The van der Waals surface area contributed by atoms with Gasteiger partial charge in [0.25, 0.3) is 0 Å². The van der Waals surface area contributed by atoms with E-state index in [2.05, 4.69) is 4.99 Å². The minimum atomic E-state index is -0.559. The van der Waals surface area contributed by atoms with E-state index in [1.54, 1.807) is 12.1 Å². The predicted octanol–water partition coefficient (Wildman–Crippen LogP) is 3.96. The molecule has 122 valence electrons. The van der Waals surface area contributed by atoms with Crippen molar-refractivity contribution in [1.82, 2.24) is 0 Å². The molecule has 0 bridgehead atoms. The Morgan fingerprint density at radius 3 is 2.58 bits per heavy atom. The van der Waals surface area contributed by atoms with Gasteiger partial charge in [-0.1, -0.05) is 18.2 Å². The van der Waals surface area contributed by atoms with Crippen molar-refractivity contribution in [2.24, 2.45) is 4.99 Å². The second-order valence-corrected chi connectivity index (χ2v) is 5.58. The monoisotopic (exact) mass is 325 g/mol. The Morgan fingerprint density at radius 2 is 1.92 bits per heavy atom. The number of ether oxygens (including phenoxy) is 2. The Morgan fingerprint density at radius 1 is 1.17 bits per heavy atom. The summed E-state index contributed by atoms with van der Waals surface area (Å²) in [5.41, 5.74) is 1.39. The van der Waals surface area contributed by atoms with Gasteiger partial charge in [-0.3, -0.25) is 0 Å². The fraction of sp³-hybridized carbons (Fsp3) is 0.158. The van der Waals surface area contributed by atoms with Crippen molar-refractivity contribution in [1.29, 1.82) is 0 Å². The number of nitrogens with zero attached hydrogens (tertiary/aromatic N) is 1. The zero-order valence-corrected chi connectivity index (χ0v) is 13.3. The summed E-state index contributed by atoms with van der Waals surface area (Å²) < 4.78 is 24.0. The number of hydrogen-bond donors (Lipinski definition) is 0. The number of rotatable bonds is 4. The lowest BCUT2D eigenvalue weighted by atomic mass is 10.2. The number of aliphatic imine (C=N–C) groups is 1. The van der Waals surface area contributed by atoms with Gasteiger partial charge in [0.05, 0.1) is 6.10 Å². The molecule has 5 heteroatoms. The van der Waals surface area contributed by atoms with Crippen molar-refractivity contribution >= 4 is 17.9 Å². The van der Waals surface area contributed by atoms with Crippen LogP contribution in [-0.4, -0.2) is 18.0 Å². The molecule has 1 heterocycles. The molecule has 2 aromatic carbocycles. The lowest BCUT2D eigenvalue weighted by Crippen LogP contribution is -2.05. The van der Waals surface area contributed by atoms with Crippen LogP contribution in [-0.2, 0) is 9.53 Å². The molecule has 2 aromatic rings. The van der Waals surface area contributed by atoms with Gasteiger partial charge in [-0.05, 0) is 55.8 Å². The van der Waals surface area contributed by atoms with Crippen molar-refractivity contribution in [2.45, 2.75) is 20.0 Å². The maximum Gasteiger partial charge on any atom is 0.363 e. The topological polar surface area (TPSA) is 47.9 Å². The van der Waals surface area contributed by atoms with Crippen LogP contribution in [0.5, 0.6) is 5.75 Å². The van der Waals surface area contributed by atoms with E-state index in [9.17, 15) is 9.18 Å². The highest BCUT2D eigenvalue weighted by molar-refractivity contribution is 6.12. The smallest absolute Gasteiger partial charge is 0.363 e. The fourth-order valence-corrected chi connectivity index (χ4v) is 2.23. The molecule has 0 amide bonds. The van der Waals surface area contributed by atoms with Gasteiger partial charge in [-0.25, -0.2) is 14.2 Å². The maximum atomic E-state index is 13.3. The van der Waals surface area contributed by atoms with Gasteiger partial charge in [-0.15, -0.1) is 0 Å². The van der Waals surface area contributed by atoms with Gasteiger partial charge < -0.3 is 9.47 Å². The first kappa shape index (κ1) is 15.9. The van der Waals surface area contributed by atoms with Crippen LogP contribution < -0.4 is 4.74 Å². The Hall–Kier alpha value is -2.95. The molecular formula is C19H16FNO3. The molecule has 1 aliphatic heterocycles. The molecule has 0 atom stereocenters. The summed E-state index contributed by atoms with van der Waals surface area (Å²) >= 11 is 0. The van der Waals surface area contributed by atoms with E-state index in [-0.39, 0.29) is 17.7 Å². The summed E-state index contributed by atoms with van der Waals surface area (Å²) in [5, 5.41) is 0. The molecule has 0 fully saturated rings. The number of carbonyl (C=O) groups is 1. The second kappa shape index (κ2) is 6.66. The average Bonchev–Trinajstić information content (AvgIpc) is 2.90. The average molecular weight is 325 g/mol. The Bertz CT molecular complexity index is 823. The number of benzene rings is 2. The molecule has 0 saturated heterocycles. The normalized spacial score (nSPS) is 15.6. The zero-order valence-electron chi connectivity index (χ0n) is 13.3. The molecule has 1 aliphatic rings. The third kappa shape index (κ3) is 3.68. The standard InChI is InChI=1S/C19H16FNO3/c1-12(2)23-16-8-6-13(7-9-16)10-17-19(22)24-18(21-17)14-4-3-5-15(20)11-14/h3-12H,1-2H3/b17-10+. The van der Waals surface area contributed by atoms with Gasteiger partial charge in [0.15, 0.2) is 5.70 Å². The molecule has 0 unspecified atom stereocenters. The molecule has 0 N–H and O–H groups in total. The molecule has 0 radical (unpaired) electrons. The zero-order chi connectivity index (χ0) is 17.1. The largest absolute Gasteiger partial charge is 0.491 e. The first-order valence-corrected chi connectivity index (χ1v) is 7.56. The quantitative estimate of drug-likeness (QED) is 0.631. The van der Waals surface area contributed by atoms with Gasteiger partial charge in [-0.2, -0.15) is 0 Å². The van der Waals surface area contributed by atoms with Crippen LogP contribution in [0.15, 0.2) is 59.2 Å². The van der Waals surface area contributed by atoms with Crippen LogP contribution in [0.2, 0.25) is 0 Å². The third-order valence-corrected chi connectivity index (χ3v) is 3.25. The van der Waals surface area contributed by atoms with E-state index in [0.717, 1.165) is 11.3 Å². The van der Waals surface area contributed by atoms with E-state index >= 15 is 0 Å². The SMILES string of the molecule is CC(C)Oc1ccc(/C=C2/N=C(c3cccc(F)c3)OC2=O)cc1. The van der Waals surface area contributed by atoms with E-state index in [0.29, 0.717) is 5.56 Å². The molecule has 4 nitrogen and oxygen atoms in total. The first-order valence-electron chi connectivity index (χ1n) is 7.56. The van der Waals surface area contributed by atoms with E-state index < -0.39 is 11.8 Å². The van der Waals surface area contributed by atoms with Crippen LogP contribution in [0.3, 0.4) is 0 Å². The van der Waals surface area contributed by atoms with Crippen LogP contribution in [0.4, 0.5) is 4.39 Å². The summed E-state index contributed by atoms with van der Waals surface area (Å²) in [6.07, 6.45) is 1.71. The van der Waals surface area contributed by atoms with Crippen molar-refractivity contribution < 1.29 is 18.7 Å². The molecule has 0 aliphatic carbocycles. The molecule has 24 heavy (non-hydrogen) atoms. The van der Waals surface area contributed by atoms with Gasteiger partial charge in [0, 0.05) is 5.56 Å². The second-order valence-electron chi connectivity index (χ2n) is 5.58. The van der Waals surface area contributed by atoms with Crippen LogP contribution in [0.25, 0.3) is 6.08 Å². The number of hydrogen-bond acceptors (Lipinski definition) is 4. The van der Waals surface area contributed by atoms with Crippen molar-refractivity contribution in [3.8, 4) is 5.75 Å². The highest BCUT2D eigenvalue weighted by Crippen LogP contribution is 2.21. The van der Waals surface area contributed by atoms with Crippen LogP contribution >= 0.6 is 0 Å².